The molecule has 0 fully saturated rings. The minimum Gasteiger partial charge on any atom is -0.271 e. The molecule has 0 aromatic carbocycles. The van der Waals surface area contributed by atoms with E-state index in [2.05, 4.69) is 5.43 Å². The van der Waals surface area contributed by atoms with E-state index in [9.17, 15) is 13.2 Å². The fraction of sp³-hybridized carbons (Fsp3) is 0.556. The molecule has 0 saturated carbocycles. The van der Waals surface area contributed by atoms with Gasteiger partial charge < -0.3 is 0 Å². The van der Waals surface area contributed by atoms with Crippen molar-refractivity contribution in [3.8, 4) is 0 Å². The number of halogens is 5. The van der Waals surface area contributed by atoms with Crippen LogP contribution in [0, 0.1) is 0 Å². The number of nitrogens with two attached hydrogens (primary N) is 1. The van der Waals surface area contributed by atoms with Gasteiger partial charge in [-0.2, -0.15) is 13.2 Å². The first kappa shape index (κ1) is 15.0. The van der Waals surface area contributed by atoms with Crippen molar-refractivity contribution < 1.29 is 13.2 Å². The molecule has 1 rings (SSSR count). The molecule has 1 aromatic rings. The van der Waals surface area contributed by atoms with Crippen molar-refractivity contribution in [2.75, 3.05) is 0 Å². The monoisotopic (exact) mass is 306 g/mol. The van der Waals surface area contributed by atoms with Crippen LogP contribution in [0.1, 0.15) is 30.9 Å². The van der Waals surface area contributed by atoms with Gasteiger partial charge in [-0.25, -0.2) is 0 Å². The average molecular weight is 307 g/mol. The van der Waals surface area contributed by atoms with Gasteiger partial charge in [0.1, 0.15) is 0 Å². The van der Waals surface area contributed by atoms with Crippen molar-refractivity contribution in [1.29, 1.82) is 0 Å². The highest BCUT2D eigenvalue weighted by molar-refractivity contribution is 7.20. The lowest BCUT2D eigenvalue weighted by Crippen LogP contribution is -2.28. The Kier molecular flexibility index (Phi) is 5.53. The van der Waals surface area contributed by atoms with Crippen molar-refractivity contribution in [1.82, 2.24) is 5.43 Å². The summed E-state index contributed by atoms with van der Waals surface area (Å²) in [4.78, 5) is 0. The van der Waals surface area contributed by atoms with Gasteiger partial charge >= 0.3 is 6.18 Å². The van der Waals surface area contributed by atoms with Crippen LogP contribution >= 0.6 is 34.5 Å². The third-order valence-electron chi connectivity index (χ3n) is 2.21. The van der Waals surface area contributed by atoms with E-state index in [0.717, 1.165) is 0 Å². The first-order chi connectivity index (χ1) is 7.83. The third-order valence-corrected chi connectivity index (χ3v) is 3.73. The lowest BCUT2D eigenvalue weighted by atomic mass is 10.0. The summed E-state index contributed by atoms with van der Waals surface area (Å²) in [6.45, 7) is 0. The predicted octanol–water partition coefficient (Wildman–Crippen LogP) is 4.29. The second kappa shape index (κ2) is 6.24. The highest BCUT2D eigenvalue weighted by atomic mass is 35.5. The average Bonchev–Trinajstić information content (AvgIpc) is 2.51. The minimum absolute atomic E-state index is 0.0117. The van der Waals surface area contributed by atoms with Crippen LogP contribution in [0.3, 0.4) is 0 Å². The standard InChI is InChI=1S/C9H11Cl2F3N2S/c10-7-4-5(8(11)17-7)6(16-15)2-1-3-9(12,13)14/h4,6,16H,1-3,15H2. The van der Waals surface area contributed by atoms with E-state index >= 15 is 0 Å². The molecule has 0 amide bonds. The second-order valence-electron chi connectivity index (χ2n) is 3.51. The molecule has 3 N–H and O–H groups in total. The Bertz CT molecular complexity index is 368. The van der Waals surface area contributed by atoms with Crippen molar-refractivity contribution in [2.45, 2.75) is 31.5 Å². The molecule has 0 radical (unpaired) electrons. The van der Waals surface area contributed by atoms with Crippen molar-refractivity contribution in [3.63, 3.8) is 0 Å². The Morgan fingerprint density at radius 1 is 1.41 bits per heavy atom. The van der Waals surface area contributed by atoms with E-state index < -0.39 is 18.6 Å². The molecule has 8 heteroatoms. The van der Waals surface area contributed by atoms with Gasteiger partial charge in [-0.3, -0.25) is 11.3 Å². The molecular formula is C9H11Cl2F3N2S. The highest BCUT2D eigenvalue weighted by Crippen LogP contribution is 2.36. The van der Waals surface area contributed by atoms with Crippen LogP contribution in [0.5, 0.6) is 0 Å². The minimum atomic E-state index is -4.14. The van der Waals surface area contributed by atoms with Crippen LogP contribution in [0.4, 0.5) is 13.2 Å². The summed E-state index contributed by atoms with van der Waals surface area (Å²) in [5.41, 5.74) is 3.10. The molecule has 0 bridgehead atoms. The summed E-state index contributed by atoms with van der Waals surface area (Å²) >= 11 is 12.8. The normalized spacial score (nSPS) is 14.0. The van der Waals surface area contributed by atoms with Crippen LogP contribution in [0.2, 0.25) is 8.67 Å². The Balaban J connectivity index is 2.57. The maximum atomic E-state index is 12.0. The Morgan fingerprint density at radius 2 is 2.06 bits per heavy atom. The zero-order valence-corrected chi connectivity index (χ0v) is 11.0. The molecule has 0 aliphatic heterocycles. The lowest BCUT2D eigenvalue weighted by Gasteiger charge is -2.15. The zero-order chi connectivity index (χ0) is 13.1. The van der Waals surface area contributed by atoms with E-state index in [1.807, 2.05) is 0 Å². The number of rotatable bonds is 5. The molecule has 0 saturated heterocycles. The van der Waals surface area contributed by atoms with Crippen LogP contribution in [-0.4, -0.2) is 6.18 Å². The van der Waals surface area contributed by atoms with Gasteiger partial charge in [0.2, 0.25) is 0 Å². The maximum absolute atomic E-state index is 12.0. The van der Waals surface area contributed by atoms with E-state index in [1.165, 1.54) is 11.3 Å². The topological polar surface area (TPSA) is 38.0 Å². The molecule has 1 atom stereocenters. The largest absolute Gasteiger partial charge is 0.389 e. The molecule has 1 unspecified atom stereocenters. The number of alkyl halides is 3. The summed E-state index contributed by atoms with van der Waals surface area (Å²) in [6, 6.07) is 1.21. The summed E-state index contributed by atoms with van der Waals surface area (Å²) < 4.78 is 36.9. The molecule has 1 heterocycles. The number of hydrazine groups is 1. The van der Waals surface area contributed by atoms with Crippen LogP contribution in [0.15, 0.2) is 6.07 Å². The second-order valence-corrected chi connectivity index (χ2v) is 5.79. The van der Waals surface area contributed by atoms with Crippen molar-refractivity contribution in [3.05, 3.63) is 20.3 Å². The smallest absolute Gasteiger partial charge is 0.271 e. The van der Waals surface area contributed by atoms with Gasteiger partial charge in [-0.1, -0.05) is 23.2 Å². The third kappa shape index (κ3) is 5.01. The molecule has 17 heavy (non-hydrogen) atoms. The fourth-order valence-corrected chi connectivity index (χ4v) is 3.01. The molecule has 2 nitrogen and oxygen atoms in total. The van der Waals surface area contributed by atoms with Crippen LogP contribution < -0.4 is 11.3 Å². The molecule has 0 aliphatic rings. The van der Waals surface area contributed by atoms with Gasteiger partial charge in [0.05, 0.1) is 8.67 Å². The molecule has 1 aromatic heterocycles. The SMILES string of the molecule is NNC(CCCC(F)(F)F)c1cc(Cl)sc1Cl. The van der Waals surface area contributed by atoms with Gasteiger partial charge in [-0.05, 0) is 18.9 Å². The Labute approximate surface area is 111 Å². The van der Waals surface area contributed by atoms with Crippen molar-refractivity contribution >= 4 is 34.5 Å². The first-order valence-electron chi connectivity index (χ1n) is 4.81. The molecule has 0 spiro atoms. The van der Waals surface area contributed by atoms with E-state index in [1.54, 1.807) is 6.07 Å². The number of nitrogens with one attached hydrogen (secondary N) is 1. The van der Waals surface area contributed by atoms with Gasteiger partial charge in [-0.15, -0.1) is 11.3 Å². The summed E-state index contributed by atoms with van der Waals surface area (Å²) in [5, 5.41) is 0. The van der Waals surface area contributed by atoms with E-state index in [-0.39, 0.29) is 12.8 Å². The van der Waals surface area contributed by atoms with Gasteiger partial charge in [0, 0.05) is 18.0 Å². The van der Waals surface area contributed by atoms with Crippen LogP contribution in [0.25, 0.3) is 0 Å². The highest BCUT2D eigenvalue weighted by Gasteiger charge is 2.27. The first-order valence-corrected chi connectivity index (χ1v) is 6.38. The van der Waals surface area contributed by atoms with Crippen LogP contribution in [-0.2, 0) is 0 Å². The van der Waals surface area contributed by atoms with E-state index in [0.29, 0.717) is 14.2 Å². The number of hydrogen-bond acceptors (Lipinski definition) is 3. The number of thiophene rings is 1. The molecule has 0 aliphatic carbocycles. The fourth-order valence-electron chi connectivity index (χ4n) is 1.43. The van der Waals surface area contributed by atoms with Gasteiger partial charge in [0.15, 0.2) is 0 Å². The maximum Gasteiger partial charge on any atom is 0.389 e. The predicted molar refractivity (Wildman–Crippen MR) is 64.3 cm³/mol. The quantitative estimate of drug-likeness (QED) is 0.629. The molecular weight excluding hydrogens is 296 g/mol. The number of hydrogen-bond donors (Lipinski definition) is 2. The Hall–Kier alpha value is -0.0100. The van der Waals surface area contributed by atoms with E-state index in [4.69, 9.17) is 29.0 Å². The summed E-state index contributed by atoms with van der Waals surface area (Å²) in [6.07, 6.45) is -4.74. The summed E-state index contributed by atoms with van der Waals surface area (Å²) in [7, 11) is 0. The Morgan fingerprint density at radius 3 is 2.47 bits per heavy atom. The summed E-state index contributed by atoms with van der Waals surface area (Å²) in [5.74, 6) is 5.30. The molecule has 98 valence electrons. The zero-order valence-electron chi connectivity index (χ0n) is 8.65. The lowest BCUT2D eigenvalue weighted by molar-refractivity contribution is -0.135. The van der Waals surface area contributed by atoms with Crippen molar-refractivity contribution in [2.24, 2.45) is 5.84 Å². The van der Waals surface area contributed by atoms with Gasteiger partial charge in [0.25, 0.3) is 0 Å².